The van der Waals surface area contributed by atoms with Gasteiger partial charge in [0.1, 0.15) is 0 Å². The summed E-state index contributed by atoms with van der Waals surface area (Å²) >= 11 is 0. The summed E-state index contributed by atoms with van der Waals surface area (Å²) < 4.78 is 0. The number of hydrogen-bond donors (Lipinski definition) is 0. The highest BCUT2D eigenvalue weighted by Crippen LogP contribution is 2.57. The molecule has 0 radical (unpaired) electrons. The fraction of sp³-hybridized carbons (Fsp3) is 0.175. The van der Waals surface area contributed by atoms with E-state index in [4.69, 9.17) is 0 Å². The van der Waals surface area contributed by atoms with Gasteiger partial charge in [-0.05, 0) is 280 Å². The number of anilines is 6. The SMILES string of the molecule is CCC1(CC)c2ccccc2-c2ccc(N(c3cc(C)cc(C)c3)c3ccc4c(c3)c3cccc5c6cc7c8ccc(N(c9cc(C)cc(C)c9)c9ccc%10c(c9)C(CC)(CC)c9ccccc9-%10)cc8c8cccc(c6cc4c35)c87)cc21. The molecule has 0 N–H and O–H groups in total. The molecule has 14 aromatic rings. The molecule has 0 atom stereocenters. The second-order valence-electron chi connectivity index (χ2n) is 24.4. The molecule has 0 saturated heterocycles. The minimum atomic E-state index is -0.0277. The first-order valence-corrected chi connectivity index (χ1v) is 30.0. The van der Waals surface area contributed by atoms with Gasteiger partial charge in [0.25, 0.3) is 0 Å². The fourth-order valence-electron chi connectivity index (χ4n) is 16.5. The molecule has 0 spiro atoms. The molecule has 2 aliphatic carbocycles. The van der Waals surface area contributed by atoms with Crippen LogP contribution in [-0.4, -0.2) is 0 Å². The molecular formula is C80H66N2. The van der Waals surface area contributed by atoms with Gasteiger partial charge in [0, 0.05) is 45.0 Å². The minimum absolute atomic E-state index is 0.0277. The first kappa shape index (κ1) is 48.9. The van der Waals surface area contributed by atoms with E-state index < -0.39 is 0 Å². The Labute approximate surface area is 481 Å². The highest BCUT2D eigenvalue weighted by Gasteiger charge is 2.42. The Kier molecular flexibility index (Phi) is 10.6. The Morgan fingerprint density at radius 1 is 0.244 bits per heavy atom. The molecule has 0 unspecified atom stereocenters. The van der Waals surface area contributed by atoms with E-state index in [-0.39, 0.29) is 10.8 Å². The molecule has 396 valence electrons. The number of aryl methyl sites for hydroxylation is 4. The maximum atomic E-state index is 2.53. The first-order valence-electron chi connectivity index (χ1n) is 30.0. The van der Waals surface area contributed by atoms with E-state index in [0.717, 1.165) is 25.7 Å². The zero-order chi connectivity index (χ0) is 55.5. The zero-order valence-electron chi connectivity index (χ0n) is 48.4. The second kappa shape index (κ2) is 17.8. The van der Waals surface area contributed by atoms with Crippen molar-refractivity contribution in [3.05, 3.63) is 251 Å². The van der Waals surface area contributed by atoms with Crippen molar-refractivity contribution in [1.29, 1.82) is 0 Å². The lowest BCUT2D eigenvalue weighted by Gasteiger charge is -2.32. The Bertz CT molecular complexity index is 4630. The Hall–Kier alpha value is -8.98. The van der Waals surface area contributed by atoms with Crippen molar-refractivity contribution in [3.63, 3.8) is 0 Å². The summed E-state index contributed by atoms with van der Waals surface area (Å²) in [6.07, 6.45) is 4.22. The number of hydrogen-bond acceptors (Lipinski definition) is 2. The van der Waals surface area contributed by atoms with Crippen molar-refractivity contribution in [2.75, 3.05) is 9.80 Å². The zero-order valence-corrected chi connectivity index (χ0v) is 48.4. The molecule has 0 aliphatic heterocycles. The summed E-state index contributed by atoms with van der Waals surface area (Å²) in [7, 11) is 0. The second-order valence-corrected chi connectivity index (χ2v) is 24.4. The quantitative estimate of drug-likeness (QED) is 0.126. The molecule has 0 aromatic heterocycles. The fourth-order valence-corrected chi connectivity index (χ4v) is 16.5. The number of benzene rings is 12. The highest BCUT2D eigenvalue weighted by atomic mass is 15.1. The molecular weight excluding hydrogens is 989 g/mol. The third-order valence-corrected chi connectivity index (χ3v) is 20.2. The topological polar surface area (TPSA) is 6.48 Å². The van der Waals surface area contributed by atoms with E-state index in [2.05, 4.69) is 271 Å². The predicted molar refractivity (Wildman–Crippen MR) is 353 cm³/mol. The number of fused-ring (bicyclic) bond motifs is 15. The van der Waals surface area contributed by atoms with Crippen LogP contribution >= 0.6 is 0 Å². The normalized spacial score (nSPS) is 14.0. The summed E-state index contributed by atoms with van der Waals surface area (Å²) in [6, 6.07) is 80.4. The van der Waals surface area contributed by atoms with Crippen molar-refractivity contribution in [2.24, 2.45) is 0 Å². The molecule has 0 bridgehead atoms. The summed E-state index contributed by atoms with van der Waals surface area (Å²) in [6.45, 7) is 18.4. The van der Waals surface area contributed by atoms with Gasteiger partial charge in [-0.15, -0.1) is 0 Å². The van der Waals surface area contributed by atoms with Crippen LogP contribution in [0.4, 0.5) is 34.1 Å². The van der Waals surface area contributed by atoms with Gasteiger partial charge < -0.3 is 9.80 Å². The van der Waals surface area contributed by atoms with Crippen LogP contribution in [0.25, 0.3) is 97.7 Å². The van der Waals surface area contributed by atoms with Crippen LogP contribution in [0.2, 0.25) is 0 Å². The van der Waals surface area contributed by atoms with E-state index in [9.17, 15) is 0 Å². The van der Waals surface area contributed by atoms with Crippen LogP contribution in [0.3, 0.4) is 0 Å². The molecule has 82 heavy (non-hydrogen) atoms. The van der Waals surface area contributed by atoms with E-state index in [0.29, 0.717) is 0 Å². The Morgan fingerprint density at radius 3 is 0.951 bits per heavy atom. The van der Waals surface area contributed by atoms with Crippen molar-refractivity contribution >= 4 is 110 Å². The van der Waals surface area contributed by atoms with Gasteiger partial charge in [-0.1, -0.05) is 149 Å². The minimum Gasteiger partial charge on any atom is -0.310 e. The van der Waals surface area contributed by atoms with Gasteiger partial charge in [0.2, 0.25) is 0 Å². The van der Waals surface area contributed by atoms with Crippen LogP contribution in [0.1, 0.15) is 97.9 Å². The Morgan fingerprint density at radius 2 is 0.573 bits per heavy atom. The van der Waals surface area contributed by atoms with Gasteiger partial charge in [-0.3, -0.25) is 0 Å². The third-order valence-electron chi connectivity index (χ3n) is 20.2. The molecule has 0 amide bonds. The summed E-state index contributed by atoms with van der Waals surface area (Å²) in [5, 5.41) is 18.4. The monoisotopic (exact) mass is 1050 g/mol. The van der Waals surface area contributed by atoms with Gasteiger partial charge in [-0.25, -0.2) is 0 Å². The first-order chi connectivity index (χ1) is 40.0. The van der Waals surface area contributed by atoms with Crippen LogP contribution in [-0.2, 0) is 10.8 Å². The van der Waals surface area contributed by atoms with Gasteiger partial charge in [0.05, 0.1) is 0 Å². The van der Waals surface area contributed by atoms with Crippen molar-refractivity contribution in [1.82, 2.24) is 0 Å². The number of nitrogens with zero attached hydrogens (tertiary/aromatic N) is 2. The van der Waals surface area contributed by atoms with E-state index >= 15 is 0 Å². The number of rotatable bonds is 10. The Balaban J connectivity index is 0.869. The summed E-state index contributed by atoms with van der Waals surface area (Å²) in [4.78, 5) is 5.04. The largest absolute Gasteiger partial charge is 0.310 e. The van der Waals surface area contributed by atoms with E-state index in [1.165, 1.54) is 176 Å². The molecule has 0 saturated carbocycles. The van der Waals surface area contributed by atoms with Crippen molar-refractivity contribution in [2.45, 2.75) is 91.9 Å². The van der Waals surface area contributed by atoms with Crippen molar-refractivity contribution < 1.29 is 0 Å². The standard InChI is InChI=1S/C80H66N2/c1-9-79(10-2)73-25-15-13-19-59(73)61-33-29-53(43-75(61)79)81(55-37-47(5)35-48(6)38-55)51-27-31-57-67(41-51)63-21-17-23-65-70-46-72-58-32-28-52(42-68(58)64-22-18-24-66(78(64)72)69(70)45-71(57)77(63)65)82(56-39-49(7)36-50(8)40-56)54-30-34-62-60-20-14-16-26-74(60)80(11-3,12-4)76(62)44-54/h13-46H,9-12H2,1-8H3. The lowest BCUT2D eigenvalue weighted by Crippen LogP contribution is -2.23. The highest BCUT2D eigenvalue weighted by molar-refractivity contribution is 6.41. The van der Waals surface area contributed by atoms with Gasteiger partial charge in [-0.2, -0.15) is 0 Å². The smallest absolute Gasteiger partial charge is 0.0468 e. The summed E-state index contributed by atoms with van der Waals surface area (Å²) in [5.74, 6) is 0. The van der Waals surface area contributed by atoms with Crippen LogP contribution in [0.5, 0.6) is 0 Å². The van der Waals surface area contributed by atoms with Crippen LogP contribution in [0.15, 0.2) is 206 Å². The van der Waals surface area contributed by atoms with Crippen molar-refractivity contribution in [3.8, 4) is 22.3 Å². The predicted octanol–water partition coefficient (Wildman–Crippen LogP) is 23.0. The van der Waals surface area contributed by atoms with Crippen LogP contribution < -0.4 is 9.80 Å². The van der Waals surface area contributed by atoms with E-state index in [1.54, 1.807) is 0 Å². The summed E-state index contributed by atoms with van der Waals surface area (Å²) in [5.41, 5.74) is 23.4. The average molecular weight is 1060 g/mol. The maximum absolute atomic E-state index is 2.53. The van der Waals surface area contributed by atoms with Crippen LogP contribution in [0, 0.1) is 27.7 Å². The van der Waals surface area contributed by atoms with E-state index in [1.807, 2.05) is 0 Å². The van der Waals surface area contributed by atoms with Gasteiger partial charge in [0.15, 0.2) is 0 Å². The van der Waals surface area contributed by atoms with Gasteiger partial charge >= 0.3 is 0 Å². The third kappa shape index (κ3) is 6.64. The lowest BCUT2D eigenvalue weighted by atomic mass is 9.74. The average Bonchev–Trinajstić information content (AvgIpc) is 3.46. The lowest BCUT2D eigenvalue weighted by molar-refractivity contribution is 0.490. The molecule has 2 nitrogen and oxygen atoms in total. The molecule has 16 rings (SSSR count). The molecule has 0 fully saturated rings. The molecule has 2 heteroatoms. The maximum Gasteiger partial charge on any atom is 0.0468 e. The molecule has 2 aliphatic rings. The molecule has 0 heterocycles. The molecule has 14 aromatic carbocycles.